The first-order valence-electron chi connectivity index (χ1n) is 17.5. The number of likely N-dealkylation sites (tertiary alicyclic amines) is 1. The van der Waals surface area contributed by atoms with E-state index in [1.807, 2.05) is 41.5 Å². The van der Waals surface area contributed by atoms with Crippen molar-refractivity contribution in [2.45, 2.75) is 129 Å². The Hall–Kier alpha value is -2.96. The molecule has 3 aliphatic rings. The van der Waals surface area contributed by atoms with E-state index < -0.39 is 68.5 Å². The highest BCUT2D eigenvalue weighted by atomic mass is 32.2. The van der Waals surface area contributed by atoms with Gasteiger partial charge in [0, 0.05) is 19.3 Å². The minimum Gasteiger partial charge on any atom is -0.346 e. The van der Waals surface area contributed by atoms with Crippen molar-refractivity contribution in [3.63, 3.8) is 0 Å². The largest absolute Gasteiger partial charge is 0.346 e. The lowest BCUT2D eigenvalue weighted by molar-refractivity contribution is -0.145. The first kappa shape index (κ1) is 39.5. The second-order valence-electron chi connectivity index (χ2n) is 16.5. The summed E-state index contributed by atoms with van der Waals surface area (Å²) in [7, 11) is -3.40. The number of nitrogens with zero attached hydrogens (tertiary/aromatic N) is 1. The molecule has 5 amide bonds. The average Bonchev–Trinajstić information content (AvgIpc) is 3.40. The van der Waals surface area contributed by atoms with Crippen LogP contribution in [0.1, 0.15) is 106 Å². The van der Waals surface area contributed by atoms with Crippen LogP contribution >= 0.6 is 0 Å². The number of hydrogen-bond donors (Lipinski definition) is 4. The SMILES string of the molecule is C=CCNC(=O)C(=O)C(CC1CCC1)NC(=O)C1C(C(C)(C)C)CCN1C(=O)[C@@H](NC(=O)NC1(CS(C)(=O)=O)CCCCC1)C(C)(C)C. The van der Waals surface area contributed by atoms with Crippen LogP contribution in [-0.2, 0) is 29.0 Å². The van der Waals surface area contributed by atoms with Crippen molar-refractivity contribution in [3.05, 3.63) is 12.7 Å². The molecular weight excluding hydrogens is 634 g/mol. The molecule has 0 aromatic rings. The molecule has 0 spiro atoms. The van der Waals surface area contributed by atoms with Gasteiger partial charge in [-0.1, -0.05) is 86.1 Å². The van der Waals surface area contributed by atoms with Gasteiger partial charge in [-0.3, -0.25) is 19.2 Å². The van der Waals surface area contributed by atoms with Crippen molar-refractivity contribution in [2.75, 3.05) is 25.1 Å². The molecule has 4 atom stereocenters. The summed E-state index contributed by atoms with van der Waals surface area (Å²) in [6.45, 7) is 15.4. The highest BCUT2D eigenvalue weighted by Gasteiger charge is 2.50. The first-order valence-corrected chi connectivity index (χ1v) is 19.5. The van der Waals surface area contributed by atoms with Crippen molar-refractivity contribution < 1.29 is 32.4 Å². The second kappa shape index (κ2) is 15.7. The number of urea groups is 1. The van der Waals surface area contributed by atoms with Gasteiger partial charge in [-0.25, -0.2) is 13.2 Å². The maximum atomic E-state index is 14.5. The monoisotopic (exact) mass is 693 g/mol. The number of amides is 5. The van der Waals surface area contributed by atoms with E-state index in [4.69, 9.17) is 0 Å². The average molecular weight is 694 g/mol. The molecule has 0 bridgehead atoms. The Labute approximate surface area is 287 Å². The van der Waals surface area contributed by atoms with E-state index in [1.54, 1.807) is 0 Å². The standard InChI is InChI=1S/C35H59N5O7S/c1-9-19-36-30(43)27(41)25(21-23-14-13-15-23)37-29(42)26-24(33(2,3)4)16-20-40(26)31(44)28(34(5,6)7)38-32(45)39-35(22-48(8,46)47)17-11-10-12-18-35/h9,23-26,28H,1,10-22H2,2-8H3,(H,36,43)(H,37,42)(H2,38,39,45)/t24?,25?,26?,28-/m1/s1. The van der Waals surface area contributed by atoms with Gasteiger partial charge in [-0.05, 0) is 48.3 Å². The molecule has 0 radical (unpaired) electrons. The molecule has 272 valence electrons. The Bertz CT molecular complexity index is 1320. The van der Waals surface area contributed by atoms with Gasteiger partial charge in [0.15, 0.2) is 0 Å². The lowest BCUT2D eigenvalue weighted by atomic mass is 9.75. The smallest absolute Gasteiger partial charge is 0.315 e. The molecule has 4 N–H and O–H groups in total. The summed E-state index contributed by atoms with van der Waals surface area (Å²) in [5, 5.41) is 11.2. The fourth-order valence-electron chi connectivity index (χ4n) is 7.49. The number of nitrogens with one attached hydrogen (secondary N) is 4. The molecule has 1 heterocycles. The molecule has 0 aromatic heterocycles. The summed E-state index contributed by atoms with van der Waals surface area (Å²) in [4.78, 5) is 69.7. The van der Waals surface area contributed by atoms with Crippen LogP contribution in [0.15, 0.2) is 12.7 Å². The van der Waals surface area contributed by atoms with Gasteiger partial charge in [-0.15, -0.1) is 6.58 Å². The van der Waals surface area contributed by atoms with Gasteiger partial charge in [0.2, 0.25) is 17.6 Å². The molecule has 48 heavy (non-hydrogen) atoms. The van der Waals surface area contributed by atoms with Gasteiger partial charge >= 0.3 is 6.03 Å². The predicted molar refractivity (Wildman–Crippen MR) is 186 cm³/mol. The zero-order chi connectivity index (χ0) is 36.1. The molecule has 3 rings (SSSR count). The third kappa shape index (κ3) is 10.5. The number of sulfone groups is 1. The van der Waals surface area contributed by atoms with E-state index in [0.29, 0.717) is 25.7 Å². The topological polar surface area (TPSA) is 171 Å². The Morgan fingerprint density at radius 2 is 1.56 bits per heavy atom. The summed E-state index contributed by atoms with van der Waals surface area (Å²) in [6, 6.07) is -3.63. The van der Waals surface area contributed by atoms with E-state index >= 15 is 0 Å². The van der Waals surface area contributed by atoms with E-state index in [1.165, 1.54) is 11.0 Å². The number of rotatable bonds is 13. The van der Waals surface area contributed by atoms with E-state index in [9.17, 15) is 32.4 Å². The van der Waals surface area contributed by atoms with Gasteiger partial charge in [0.1, 0.15) is 21.9 Å². The van der Waals surface area contributed by atoms with Gasteiger partial charge in [0.25, 0.3) is 5.91 Å². The highest BCUT2D eigenvalue weighted by molar-refractivity contribution is 7.90. The van der Waals surface area contributed by atoms with Crippen molar-refractivity contribution in [1.82, 2.24) is 26.2 Å². The van der Waals surface area contributed by atoms with Crippen LogP contribution in [0.5, 0.6) is 0 Å². The Balaban J connectivity index is 1.88. The van der Waals surface area contributed by atoms with Gasteiger partial charge in [0.05, 0.1) is 17.3 Å². The maximum absolute atomic E-state index is 14.5. The number of hydrogen-bond acceptors (Lipinski definition) is 7. The summed E-state index contributed by atoms with van der Waals surface area (Å²) in [5.74, 6) is -2.68. The van der Waals surface area contributed by atoms with Crippen molar-refractivity contribution in [1.29, 1.82) is 0 Å². The molecule has 13 heteroatoms. The Kier molecular flexibility index (Phi) is 12.9. The van der Waals surface area contributed by atoms with E-state index in [2.05, 4.69) is 27.8 Å². The molecular formula is C35H59N5O7S. The van der Waals surface area contributed by atoms with Crippen LogP contribution < -0.4 is 21.3 Å². The summed E-state index contributed by atoms with van der Waals surface area (Å²) in [5.41, 5.74) is -2.07. The molecule has 2 aliphatic carbocycles. The van der Waals surface area contributed by atoms with Crippen LogP contribution in [0.2, 0.25) is 0 Å². The lowest BCUT2D eigenvalue weighted by Gasteiger charge is -2.40. The number of carbonyl (C=O) groups is 5. The number of ketones is 1. The van der Waals surface area contributed by atoms with Crippen LogP contribution in [0, 0.1) is 22.7 Å². The zero-order valence-electron chi connectivity index (χ0n) is 30.1. The fraction of sp³-hybridized carbons (Fsp3) is 0.800. The quantitative estimate of drug-likeness (QED) is 0.169. The Morgan fingerprint density at radius 1 is 0.938 bits per heavy atom. The van der Waals surface area contributed by atoms with Crippen molar-refractivity contribution >= 4 is 39.4 Å². The van der Waals surface area contributed by atoms with Crippen molar-refractivity contribution in [3.8, 4) is 0 Å². The minimum absolute atomic E-state index is 0.121. The van der Waals surface area contributed by atoms with E-state index in [0.717, 1.165) is 44.8 Å². The molecule has 3 unspecified atom stereocenters. The first-order chi connectivity index (χ1) is 22.2. The minimum atomic E-state index is -3.40. The fourth-order valence-corrected chi connectivity index (χ4v) is 8.85. The molecule has 12 nitrogen and oxygen atoms in total. The zero-order valence-corrected chi connectivity index (χ0v) is 30.9. The van der Waals surface area contributed by atoms with Crippen LogP contribution in [0.4, 0.5) is 4.79 Å². The normalized spacial score (nSPS) is 22.9. The third-order valence-electron chi connectivity index (χ3n) is 10.2. The highest BCUT2D eigenvalue weighted by Crippen LogP contribution is 2.40. The van der Waals surface area contributed by atoms with E-state index in [-0.39, 0.29) is 36.1 Å². The van der Waals surface area contributed by atoms with Gasteiger partial charge < -0.3 is 26.2 Å². The van der Waals surface area contributed by atoms with Crippen LogP contribution in [0.3, 0.4) is 0 Å². The molecule has 2 saturated carbocycles. The van der Waals surface area contributed by atoms with Gasteiger partial charge in [-0.2, -0.15) is 0 Å². The Morgan fingerprint density at radius 3 is 2.06 bits per heavy atom. The van der Waals surface area contributed by atoms with Crippen LogP contribution in [-0.4, -0.2) is 91.6 Å². The van der Waals surface area contributed by atoms with Crippen molar-refractivity contribution in [2.24, 2.45) is 22.7 Å². The summed E-state index contributed by atoms with van der Waals surface area (Å²) in [6.07, 6.45) is 9.95. The molecule has 1 saturated heterocycles. The second-order valence-corrected chi connectivity index (χ2v) is 18.6. The molecule has 1 aliphatic heterocycles. The number of Topliss-reactive ketones (excluding diaryl/α,β-unsaturated/α-hetero) is 1. The molecule has 0 aromatic carbocycles. The predicted octanol–water partition coefficient (Wildman–Crippen LogP) is 3.26. The van der Waals surface area contributed by atoms with Crippen LogP contribution in [0.25, 0.3) is 0 Å². The summed E-state index contributed by atoms with van der Waals surface area (Å²) >= 11 is 0. The number of carbonyl (C=O) groups excluding carboxylic acids is 5. The molecule has 3 fully saturated rings. The summed E-state index contributed by atoms with van der Waals surface area (Å²) < 4.78 is 24.7. The lowest BCUT2D eigenvalue weighted by Crippen LogP contribution is -2.63. The third-order valence-corrected chi connectivity index (χ3v) is 11.3. The maximum Gasteiger partial charge on any atom is 0.315 e.